The molecule has 0 radical (unpaired) electrons. The molecule has 0 fully saturated rings. The molecule has 0 saturated heterocycles. The van der Waals surface area contributed by atoms with E-state index < -0.39 is 12.0 Å². The molecule has 1 aromatic heterocycles. The van der Waals surface area contributed by atoms with Crippen LogP contribution in [0.2, 0.25) is 5.02 Å². The van der Waals surface area contributed by atoms with Gasteiger partial charge in [0.1, 0.15) is 0 Å². The Morgan fingerprint density at radius 3 is 2.62 bits per heavy atom. The zero-order valence-corrected chi connectivity index (χ0v) is 20.7. The minimum absolute atomic E-state index is 0.202. The van der Waals surface area contributed by atoms with Crippen molar-refractivity contribution in [2.45, 2.75) is 19.9 Å². The van der Waals surface area contributed by atoms with E-state index in [1.807, 2.05) is 12.1 Å². The Kier molecular flexibility index (Phi) is 6.90. The van der Waals surface area contributed by atoms with Crippen LogP contribution >= 0.6 is 22.9 Å². The Morgan fingerprint density at radius 1 is 1.18 bits per heavy atom. The van der Waals surface area contributed by atoms with E-state index >= 15 is 0 Å². The van der Waals surface area contributed by atoms with Crippen molar-refractivity contribution < 1.29 is 19.0 Å². The van der Waals surface area contributed by atoms with E-state index in [1.165, 1.54) is 23.0 Å². The van der Waals surface area contributed by atoms with E-state index in [2.05, 4.69) is 4.99 Å². The highest BCUT2D eigenvalue weighted by atomic mass is 35.5. The second-order valence-corrected chi connectivity index (χ2v) is 8.92. The van der Waals surface area contributed by atoms with Crippen LogP contribution in [-0.2, 0) is 9.53 Å². The largest absolute Gasteiger partial charge is 0.493 e. The van der Waals surface area contributed by atoms with Crippen molar-refractivity contribution in [3.8, 4) is 11.5 Å². The molecule has 176 valence electrons. The molecule has 2 aromatic carbocycles. The molecule has 1 aliphatic heterocycles. The van der Waals surface area contributed by atoms with E-state index in [1.54, 1.807) is 57.4 Å². The molecule has 0 N–H and O–H groups in total. The lowest BCUT2D eigenvalue weighted by atomic mass is 9.95. The van der Waals surface area contributed by atoms with Gasteiger partial charge in [-0.1, -0.05) is 41.1 Å². The molecule has 0 bridgehead atoms. The molecular weight excluding hydrogens is 476 g/mol. The number of esters is 1. The van der Waals surface area contributed by atoms with Crippen LogP contribution in [0.5, 0.6) is 11.5 Å². The maximum atomic E-state index is 13.6. The number of aromatic nitrogens is 1. The first-order valence-electron chi connectivity index (χ1n) is 10.5. The van der Waals surface area contributed by atoms with Crippen LogP contribution in [0.3, 0.4) is 0 Å². The maximum Gasteiger partial charge on any atom is 0.338 e. The molecule has 0 aliphatic carbocycles. The smallest absolute Gasteiger partial charge is 0.338 e. The van der Waals surface area contributed by atoms with E-state index in [4.69, 9.17) is 25.8 Å². The standard InChI is InChI=1S/C25H23ClN2O5S/c1-5-33-24(30)21-14(2)27-25-28(22(21)16-9-10-18(31-3)19(13-16)32-4)23(29)20(34-25)12-15-7-6-8-17(26)11-15/h6-13,22H,5H2,1-4H3/b20-12-/t22-/m1/s1. The van der Waals surface area contributed by atoms with Crippen molar-refractivity contribution in [1.29, 1.82) is 0 Å². The van der Waals surface area contributed by atoms with Crippen molar-refractivity contribution in [3.63, 3.8) is 0 Å². The minimum Gasteiger partial charge on any atom is -0.493 e. The Bertz CT molecular complexity index is 1470. The van der Waals surface area contributed by atoms with Gasteiger partial charge in [-0.05, 0) is 55.3 Å². The molecule has 34 heavy (non-hydrogen) atoms. The van der Waals surface area contributed by atoms with Gasteiger partial charge in [0.15, 0.2) is 16.3 Å². The van der Waals surface area contributed by atoms with Crippen molar-refractivity contribution in [2.24, 2.45) is 4.99 Å². The molecular formula is C25H23ClN2O5S. The lowest BCUT2D eigenvalue weighted by molar-refractivity contribution is -0.139. The highest BCUT2D eigenvalue weighted by Gasteiger charge is 2.33. The second-order valence-electron chi connectivity index (χ2n) is 7.47. The summed E-state index contributed by atoms with van der Waals surface area (Å²) >= 11 is 7.37. The molecule has 0 amide bonds. The summed E-state index contributed by atoms with van der Waals surface area (Å²) in [6.07, 6.45) is 1.77. The molecule has 7 nitrogen and oxygen atoms in total. The predicted octanol–water partition coefficient (Wildman–Crippen LogP) is 3.47. The molecule has 0 saturated carbocycles. The SMILES string of the molecule is CCOC(=O)C1=C(C)N=c2s/c(=C\c3cccc(Cl)c3)c(=O)n2[C@@H]1c1ccc(OC)c(OC)c1. The van der Waals surface area contributed by atoms with E-state index in [9.17, 15) is 9.59 Å². The number of allylic oxidation sites excluding steroid dienone is 1. The van der Waals surface area contributed by atoms with Gasteiger partial charge in [-0.25, -0.2) is 9.79 Å². The van der Waals surface area contributed by atoms with Crippen molar-refractivity contribution in [3.05, 3.63) is 89.6 Å². The fourth-order valence-electron chi connectivity index (χ4n) is 3.88. The van der Waals surface area contributed by atoms with Gasteiger partial charge >= 0.3 is 5.97 Å². The highest BCUT2D eigenvalue weighted by Crippen LogP contribution is 2.36. The quantitative estimate of drug-likeness (QED) is 0.486. The van der Waals surface area contributed by atoms with E-state index in [0.717, 1.165) is 5.56 Å². The number of halogens is 1. The first-order chi connectivity index (χ1) is 16.4. The van der Waals surface area contributed by atoms with Crippen LogP contribution in [0.1, 0.15) is 31.0 Å². The fraction of sp³-hybridized carbons (Fsp3) is 0.240. The summed E-state index contributed by atoms with van der Waals surface area (Å²) in [5, 5.41) is 0.574. The van der Waals surface area contributed by atoms with Crippen LogP contribution in [0, 0.1) is 0 Å². The Hall–Kier alpha value is -3.36. The fourth-order valence-corrected chi connectivity index (χ4v) is 5.12. The summed E-state index contributed by atoms with van der Waals surface area (Å²) in [6, 6.07) is 11.8. The van der Waals surface area contributed by atoms with Gasteiger partial charge in [-0.15, -0.1) is 0 Å². The number of hydrogen-bond acceptors (Lipinski definition) is 7. The third-order valence-electron chi connectivity index (χ3n) is 5.39. The summed E-state index contributed by atoms with van der Waals surface area (Å²) in [5.41, 5.74) is 1.99. The summed E-state index contributed by atoms with van der Waals surface area (Å²) in [4.78, 5) is 31.7. The summed E-state index contributed by atoms with van der Waals surface area (Å²) in [6.45, 7) is 3.68. The summed E-state index contributed by atoms with van der Waals surface area (Å²) in [7, 11) is 3.08. The molecule has 1 atom stereocenters. The van der Waals surface area contributed by atoms with E-state index in [0.29, 0.717) is 42.7 Å². The van der Waals surface area contributed by atoms with Crippen LogP contribution in [0.4, 0.5) is 0 Å². The van der Waals surface area contributed by atoms with Crippen molar-refractivity contribution in [2.75, 3.05) is 20.8 Å². The first-order valence-corrected chi connectivity index (χ1v) is 11.7. The Labute approximate surface area is 205 Å². The van der Waals surface area contributed by atoms with Crippen molar-refractivity contribution >= 4 is 35.0 Å². The number of methoxy groups -OCH3 is 2. The van der Waals surface area contributed by atoms with Crippen LogP contribution in [0.25, 0.3) is 6.08 Å². The zero-order chi connectivity index (χ0) is 24.4. The third-order valence-corrected chi connectivity index (χ3v) is 6.60. The maximum absolute atomic E-state index is 13.6. The number of benzene rings is 2. The summed E-state index contributed by atoms with van der Waals surface area (Å²) < 4.78 is 18.2. The van der Waals surface area contributed by atoms with Gasteiger partial charge < -0.3 is 14.2 Å². The van der Waals surface area contributed by atoms with E-state index in [-0.39, 0.29) is 12.2 Å². The third kappa shape index (κ3) is 4.38. The van der Waals surface area contributed by atoms with Crippen LogP contribution in [-0.4, -0.2) is 31.4 Å². The first kappa shape index (κ1) is 23.8. The number of ether oxygens (including phenoxy) is 3. The molecule has 2 heterocycles. The van der Waals surface area contributed by atoms with Crippen LogP contribution in [0.15, 0.2) is 63.5 Å². The average Bonchev–Trinajstić information content (AvgIpc) is 3.12. The lowest BCUT2D eigenvalue weighted by Crippen LogP contribution is -2.39. The number of fused-ring (bicyclic) bond motifs is 1. The number of thiazole rings is 1. The lowest BCUT2D eigenvalue weighted by Gasteiger charge is -2.25. The molecule has 0 spiro atoms. The highest BCUT2D eigenvalue weighted by molar-refractivity contribution is 7.07. The van der Waals surface area contributed by atoms with Gasteiger partial charge in [0.25, 0.3) is 5.56 Å². The number of hydrogen-bond donors (Lipinski definition) is 0. The summed E-state index contributed by atoms with van der Waals surface area (Å²) in [5.74, 6) is 0.504. The van der Waals surface area contributed by atoms with Gasteiger partial charge in [-0.3, -0.25) is 9.36 Å². The van der Waals surface area contributed by atoms with Gasteiger partial charge in [-0.2, -0.15) is 0 Å². The number of carbonyl (C=O) groups excluding carboxylic acids is 1. The van der Waals surface area contributed by atoms with Crippen LogP contribution < -0.4 is 24.4 Å². The number of carbonyl (C=O) groups is 1. The molecule has 0 unspecified atom stereocenters. The molecule has 9 heteroatoms. The van der Waals surface area contributed by atoms with Gasteiger partial charge in [0.2, 0.25) is 0 Å². The molecule has 1 aliphatic rings. The zero-order valence-electron chi connectivity index (χ0n) is 19.1. The molecule has 3 aromatic rings. The number of rotatable bonds is 6. The second kappa shape index (κ2) is 9.87. The minimum atomic E-state index is -0.739. The normalized spacial score (nSPS) is 15.6. The monoisotopic (exact) mass is 498 g/mol. The van der Waals surface area contributed by atoms with Gasteiger partial charge in [0.05, 0.1) is 42.7 Å². The van der Waals surface area contributed by atoms with Gasteiger partial charge in [0, 0.05) is 5.02 Å². The average molecular weight is 499 g/mol. The Balaban J connectivity index is 1.97. The van der Waals surface area contributed by atoms with Crippen molar-refractivity contribution in [1.82, 2.24) is 4.57 Å². The number of nitrogens with zero attached hydrogens (tertiary/aromatic N) is 2. The predicted molar refractivity (Wildman–Crippen MR) is 131 cm³/mol. The topological polar surface area (TPSA) is 79.1 Å². The Morgan fingerprint density at radius 2 is 1.94 bits per heavy atom. The molecule has 4 rings (SSSR count).